The summed E-state index contributed by atoms with van der Waals surface area (Å²) in [7, 11) is 2.22. The maximum absolute atomic E-state index is 11.0. The number of carboxylic acid groups (broad SMARTS) is 1. The monoisotopic (exact) mass is 422 g/mol. The van der Waals surface area contributed by atoms with Gasteiger partial charge in [0.05, 0.1) is 0 Å². The van der Waals surface area contributed by atoms with E-state index in [1.165, 1.54) is 76.7 Å². The van der Waals surface area contributed by atoms with E-state index in [1.54, 1.807) is 6.08 Å². The Kier molecular flexibility index (Phi) is 6.10. The van der Waals surface area contributed by atoms with Gasteiger partial charge in [-0.15, -0.1) is 0 Å². The second kappa shape index (κ2) is 8.97. The number of para-hydroxylation sites is 1. The first kappa shape index (κ1) is 21.1. The number of fused-ring (bicyclic) bond motifs is 4. The second-order valence-electron chi connectivity index (χ2n) is 10.7. The lowest BCUT2D eigenvalue weighted by molar-refractivity contribution is -0.131. The van der Waals surface area contributed by atoms with Crippen LogP contribution in [0.3, 0.4) is 0 Å². The first-order chi connectivity index (χ1) is 15.1. The van der Waals surface area contributed by atoms with E-state index in [2.05, 4.69) is 29.0 Å². The summed E-state index contributed by atoms with van der Waals surface area (Å²) in [6, 6.07) is 11.1. The lowest BCUT2D eigenvalue weighted by Gasteiger charge is -2.56. The predicted octanol–water partition coefficient (Wildman–Crippen LogP) is 5.57. The molecule has 4 unspecified atom stereocenters. The minimum atomic E-state index is -0.891. The zero-order valence-corrected chi connectivity index (χ0v) is 19.0. The summed E-state index contributed by atoms with van der Waals surface area (Å²) in [5.74, 6) is 1.09. The quantitative estimate of drug-likeness (QED) is 0.630. The molecule has 4 atom stereocenters. The smallest absolute Gasteiger partial charge is 0.328 e. The number of benzene rings is 1. The summed E-state index contributed by atoms with van der Waals surface area (Å²) in [6.45, 7) is 0. The maximum Gasteiger partial charge on any atom is 0.328 e. The minimum Gasteiger partial charge on any atom is -0.478 e. The highest BCUT2D eigenvalue weighted by molar-refractivity contribution is 5.87. The fraction of sp³-hybridized carbons (Fsp3) is 0.667. The first-order valence-electron chi connectivity index (χ1n) is 12.6. The molecule has 2 aliphatic heterocycles. The van der Waals surface area contributed by atoms with Crippen molar-refractivity contribution in [1.82, 2.24) is 4.90 Å². The fourth-order valence-electron chi connectivity index (χ4n) is 7.55. The molecule has 4 nitrogen and oxygen atoms in total. The van der Waals surface area contributed by atoms with Crippen LogP contribution in [0.4, 0.5) is 5.69 Å². The molecule has 4 fully saturated rings. The van der Waals surface area contributed by atoms with E-state index in [4.69, 9.17) is 5.11 Å². The lowest BCUT2D eigenvalue weighted by atomic mass is 9.68. The molecule has 2 heterocycles. The normalized spacial score (nSPS) is 35.8. The summed E-state index contributed by atoms with van der Waals surface area (Å²) in [5.41, 5.74) is 2.16. The van der Waals surface area contributed by atoms with Crippen LogP contribution in [0.15, 0.2) is 30.3 Å². The number of hydrogen-bond donors (Lipinski definition) is 1. The highest BCUT2D eigenvalue weighted by Gasteiger charge is 2.45. The van der Waals surface area contributed by atoms with Crippen molar-refractivity contribution in [1.29, 1.82) is 0 Å². The molecule has 0 aromatic heterocycles. The summed E-state index contributed by atoms with van der Waals surface area (Å²) >= 11 is 0. The molecule has 168 valence electrons. The molecule has 0 spiro atoms. The van der Waals surface area contributed by atoms with Gasteiger partial charge in [0.15, 0.2) is 0 Å². The third-order valence-corrected chi connectivity index (χ3v) is 8.80. The van der Waals surface area contributed by atoms with Gasteiger partial charge in [-0.05, 0) is 74.5 Å². The summed E-state index contributed by atoms with van der Waals surface area (Å²) in [5, 5.41) is 9.07. The van der Waals surface area contributed by atoms with Gasteiger partial charge in [-0.25, -0.2) is 4.79 Å². The van der Waals surface area contributed by atoms with Gasteiger partial charge in [-0.3, -0.25) is 4.90 Å². The van der Waals surface area contributed by atoms with E-state index in [1.807, 2.05) is 12.1 Å². The van der Waals surface area contributed by atoms with Crippen molar-refractivity contribution in [2.45, 2.75) is 94.8 Å². The molecular weight excluding hydrogens is 384 g/mol. The highest BCUT2D eigenvalue weighted by atomic mass is 16.4. The van der Waals surface area contributed by atoms with Crippen molar-refractivity contribution < 1.29 is 9.90 Å². The topological polar surface area (TPSA) is 43.8 Å². The molecule has 0 radical (unpaired) electrons. The Balaban J connectivity index is 1.32. The third kappa shape index (κ3) is 4.41. The number of carbonyl (C=O) groups is 1. The van der Waals surface area contributed by atoms with Gasteiger partial charge in [0.25, 0.3) is 0 Å². The first-order valence-corrected chi connectivity index (χ1v) is 12.6. The zero-order chi connectivity index (χ0) is 21.4. The zero-order valence-electron chi connectivity index (χ0n) is 19.0. The molecule has 4 bridgehead atoms. The average Bonchev–Trinajstić information content (AvgIpc) is 2.76. The van der Waals surface area contributed by atoms with E-state index in [-0.39, 0.29) is 0 Å². The molecule has 2 saturated heterocycles. The summed E-state index contributed by atoms with van der Waals surface area (Å²) in [4.78, 5) is 16.5. The fourth-order valence-corrected chi connectivity index (χ4v) is 7.55. The van der Waals surface area contributed by atoms with Crippen LogP contribution in [0.1, 0.15) is 76.2 Å². The number of piperidine rings is 2. The van der Waals surface area contributed by atoms with E-state index >= 15 is 0 Å². The van der Waals surface area contributed by atoms with Crippen LogP contribution in [0.5, 0.6) is 0 Å². The lowest BCUT2D eigenvalue weighted by Crippen LogP contribution is -2.61. The van der Waals surface area contributed by atoms with E-state index < -0.39 is 5.97 Å². The third-order valence-electron chi connectivity index (χ3n) is 8.80. The van der Waals surface area contributed by atoms with Crippen LogP contribution in [0.2, 0.25) is 0 Å². The van der Waals surface area contributed by atoms with Crippen molar-refractivity contribution >= 4 is 17.7 Å². The van der Waals surface area contributed by atoms with Gasteiger partial charge in [-0.2, -0.15) is 0 Å². The van der Waals surface area contributed by atoms with Crippen LogP contribution < -0.4 is 4.90 Å². The van der Waals surface area contributed by atoms with Crippen LogP contribution in [0.25, 0.3) is 6.08 Å². The largest absolute Gasteiger partial charge is 0.478 e. The SMILES string of the molecule is CN(c1ccccc1C=CC(=O)O)C1CC2CCCC(C1)N2C1CC2CCCC(C2)C1. The predicted molar refractivity (Wildman–Crippen MR) is 126 cm³/mol. The molecule has 0 amide bonds. The van der Waals surface area contributed by atoms with Gasteiger partial charge >= 0.3 is 5.97 Å². The van der Waals surface area contributed by atoms with Gasteiger partial charge in [0.2, 0.25) is 0 Å². The average molecular weight is 423 g/mol. The van der Waals surface area contributed by atoms with Gasteiger partial charge < -0.3 is 10.0 Å². The Labute approximate surface area is 187 Å². The Hall–Kier alpha value is -1.81. The molecule has 2 aliphatic carbocycles. The molecule has 31 heavy (non-hydrogen) atoms. The number of nitrogens with zero attached hydrogens (tertiary/aromatic N) is 2. The van der Waals surface area contributed by atoms with Gasteiger partial charge in [-0.1, -0.05) is 43.9 Å². The number of hydrogen-bond acceptors (Lipinski definition) is 3. The van der Waals surface area contributed by atoms with Crippen molar-refractivity contribution in [3.8, 4) is 0 Å². The Bertz CT molecular complexity index is 795. The molecule has 1 N–H and O–H groups in total. The van der Waals surface area contributed by atoms with Crippen molar-refractivity contribution in [3.05, 3.63) is 35.9 Å². The van der Waals surface area contributed by atoms with Crippen LogP contribution in [-0.4, -0.2) is 47.2 Å². The number of carboxylic acids is 1. The Morgan fingerprint density at radius 3 is 2.26 bits per heavy atom. The number of rotatable bonds is 5. The van der Waals surface area contributed by atoms with E-state index in [9.17, 15) is 4.79 Å². The standard InChI is InChI=1S/C27H38N2O2/c1-28(26-11-3-2-8-21(26)12-13-27(30)31)24-17-22-9-5-10-23(18-24)29(22)25-15-19-6-4-7-20(14-19)16-25/h2-3,8,11-13,19-20,22-25H,4-7,9-10,14-18H2,1H3,(H,30,31). The molecule has 5 rings (SSSR count). The van der Waals surface area contributed by atoms with Crippen LogP contribution in [0, 0.1) is 11.8 Å². The second-order valence-corrected chi connectivity index (χ2v) is 10.7. The van der Waals surface area contributed by atoms with Crippen molar-refractivity contribution in [2.24, 2.45) is 11.8 Å². The molecular formula is C27H38N2O2. The number of anilines is 1. The van der Waals surface area contributed by atoms with E-state index in [0.29, 0.717) is 6.04 Å². The highest BCUT2D eigenvalue weighted by Crippen LogP contribution is 2.46. The van der Waals surface area contributed by atoms with Crippen LogP contribution in [-0.2, 0) is 4.79 Å². The van der Waals surface area contributed by atoms with Crippen molar-refractivity contribution in [3.63, 3.8) is 0 Å². The van der Waals surface area contributed by atoms with Gasteiger partial charge in [0.1, 0.15) is 0 Å². The molecule has 1 aromatic rings. The summed E-state index contributed by atoms with van der Waals surface area (Å²) in [6.07, 6.45) is 18.4. The Morgan fingerprint density at radius 2 is 1.58 bits per heavy atom. The molecule has 2 saturated carbocycles. The van der Waals surface area contributed by atoms with Gasteiger partial charge in [0, 0.05) is 43.0 Å². The maximum atomic E-state index is 11.0. The minimum absolute atomic E-state index is 0.536. The van der Waals surface area contributed by atoms with Crippen molar-refractivity contribution in [2.75, 3.05) is 11.9 Å². The number of aliphatic carboxylic acids is 1. The Morgan fingerprint density at radius 1 is 0.935 bits per heavy atom. The molecule has 1 aromatic carbocycles. The van der Waals surface area contributed by atoms with Crippen LogP contribution >= 0.6 is 0 Å². The summed E-state index contributed by atoms with van der Waals surface area (Å²) < 4.78 is 0. The molecule has 4 aliphatic rings. The van der Waals surface area contributed by atoms with E-state index in [0.717, 1.165) is 41.2 Å². The molecule has 4 heteroatoms.